The van der Waals surface area contributed by atoms with Gasteiger partial charge in [-0.25, -0.2) is 0 Å². The number of rotatable bonds is 5. The summed E-state index contributed by atoms with van der Waals surface area (Å²) >= 11 is 5.99. The molecule has 0 fully saturated rings. The highest BCUT2D eigenvalue weighted by molar-refractivity contribution is 6.30. The number of carbonyl (C=O) groups excluding carboxylic acids is 1. The lowest BCUT2D eigenvalue weighted by Crippen LogP contribution is -2.27. The molecule has 0 aliphatic carbocycles. The van der Waals surface area contributed by atoms with Crippen LogP contribution < -0.4 is 10.6 Å². The van der Waals surface area contributed by atoms with Crippen molar-refractivity contribution in [3.63, 3.8) is 0 Å². The summed E-state index contributed by atoms with van der Waals surface area (Å²) in [5.41, 5.74) is 4.17. The molecule has 1 unspecified atom stereocenters. The third-order valence-corrected chi connectivity index (χ3v) is 4.34. The van der Waals surface area contributed by atoms with Crippen LogP contribution in [0.3, 0.4) is 0 Å². The molecule has 1 heterocycles. The predicted octanol–water partition coefficient (Wildman–Crippen LogP) is 5.28. The Kier molecular flexibility index (Phi) is 5.54. The molecule has 5 heteroatoms. The average Bonchev–Trinajstić information content (AvgIpc) is 2.65. The van der Waals surface area contributed by atoms with Gasteiger partial charge in [-0.15, -0.1) is 0 Å². The lowest BCUT2D eigenvalue weighted by Gasteiger charge is -2.15. The molecule has 2 N–H and O–H groups in total. The van der Waals surface area contributed by atoms with Crippen molar-refractivity contribution in [3.8, 4) is 0 Å². The van der Waals surface area contributed by atoms with Crippen molar-refractivity contribution in [3.05, 3.63) is 88.7 Å². The number of aryl methyl sites for hydroxylation is 1. The fourth-order valence-electron chi connectivity index (χ4n) is 2.65. The first kappa shape index (κ1) is 18.0. The van der Waals surface area contributed by atoms with E-state index in [0.29, 0.717) is 10.7 Å². The summed E-state index contributed by atoms with van der Waals surface area (Å²) in [5, 5.41) is 6.97. The zero-order valence-electron chi connectivity index (χ0n) is 14.7. The lowest BCUT2D eigenvalue weighted by atomic mass is 10.1. The van der Waals surface area contributed by atoms with Crippen molar-refractivity contribution < 1.29 is 4.79 Å². The zero-order valence-corrected chi connectivity index (χ0v) is 15.4. The summed E-state index contributed by atoms with van der Waals surface area (Å²) in [6, 6.07) is 18.9. The van der Waals surface area contributed by atoms with Gasteiger partial charge in [0.2, 0.25) is 0 Å². The number of aromatic nitrogens is 1. The van der Waals surface area contributed by atoms with Gasteiger partial charge >= 0.3 is 0 Å². The molecule has 4 nitrogen and oxygen atoms in total. The molecule has 0 saturated carbocycles. The average molecular weight is 366 g/mol. The molecular formula is C21H20ClN3O. The Balaban J connectivity index is 1.73. The first-order valence-electron chi connectivity index (χ1n) is 8.38. The maximum Gasteiger partial charge on any atom is 0.270 e. The van der Waals surface area contributed by atoms with E-state index >= 15 is 0 Å². The van der Waals surface area contributed by atoms with Gasteiger partial charge in [0, 0.05) is 22.6 Å². The number of benzene rings is 2. The number of pyridine rings is 1. The van der Waals surface area contributed by atoms with Crippen molar-refractivity contribution in [2.24, 2.45) is 0 Å². The molecule has 0 spiro atoms. The van der Waals surface area contributed by atoms with E-state index in [-0.39, 0.29) is 11.9 Å². The van der Waals surface area contributed by atoms with Crippen LogP contribution in [0.4, 0.5) is 11.4 Å². The Morgan fingerprint density at radius 2 is 1.85 bits per heavy atom. The Bertz CT molecular complexity index is 912. The number of hydrogen-bond donors (Lipinski definition) is 2. The third kappa shape index (κ3) is 4.41. The van der Waals surface area contributed by atoms with E-state index in [1.54, 1.807) is 12.3 Å². The van der Waals surface area contributed by atoms with Crippen LogP contribution >= 0.6 is 11.6 Å². The number of hydrogen-bond acceptors (Lipinski definition) is 3. The Hall–Kier alpha value is -2.85. The van der Waals surface area contributed by atoms with E-state index in [0.717, 1.165) is 22.5 Å². The first-order valence-corrected chi connectivity index (χ1v) is 8.76. The molecule has 0 radical (unpaired) electrons. The smallest absolute Gasteiger partial charge is 0.270 e. The molecule has 0 bridgehead atoms. The van der Waals surface area contributed by atoms with Gasteiger partial charge in [0.15, 0.2) is 0 Å². The van der Waals surface area contributed by atoms with E-state index in [2.05, 4.69) is 15.6 Å². The number of nitrogens with one attached hydrogen (secondary N) is 2. The standard InChI is InChI=1S/C21H20ClN3O/c1-14-12-17(22)8-9-19(14)25-18-10-11-23-20(13-18)21(26)24-15(2)16-6-4-3-5-7-16/h3-13,15H,1-2H3,(H,23,25)(H,24,26). The van der Waals surface area contributed by atoms with Crippen LogP contribution in [0.25, 0.3) is 0 Å². The first-order chi connectivity index (χ1) is 12.5. The summed E-state index contributed by atoms with van der Waals surface area (Å²) in [5.74, 6) is -0.210. The molecule has 2 aromatic carbocycles. The number of nitrogens with zero attached hydrogens (tertiary/aromatic N) is 1. The van der Waals surface area contributed by atoms with Crippen molar-refractivity contribution in [1.29, 1.82) is 0 Å². The third-order valence-electron chi connectivity index (χ3n) is 4.11. The molecule has 0 aliphatic rings. The highest BCUT2D eigenvalue weighted by Gasteiger charge is 2.13. The van der Waals surface area contributed by atoms with Gasteiger partial charge in [-0.05, 0) is 55.3 Å². The highest BCUT2D eigenvalue weighted by Crippen LogP contribution is 2.23. The lowest BCUT2D eigenvalue weighted by molar-refractivity contribution is 0.0935. The second-order valence-electron chi connectivity index (χ2n) is 6.12. The number of anilines is 2. The van der Waals surface area contributed by atoms with Crippen molar-refractivity contribution in [2.45, 2.75) is 19.9 Å². The maximum atomic E-state index is 12.5. The second-order valence-corrected chi connectivity index (χ2v) is 6.56. The minimum Gasteiger partial charge on any atom is -0.355 e. The highest BCUT2D eigenvalue weighted by atomic mass is 35.5. The van der Waals surface area contributed by atoms with Crippen LogP contribution in [-0.2, 0) is 0 Å². The van der Waals surface area contributed by atoms with Gasteiger partial charge in [0.25, 0.3) is 5.91 Å². The van der Waals surface area contributed by atoms with Gasteiger partial charge in [0.05, 0.1) is 6.04 Å². The fourth-order valence-corrected chi connectivity index (χ4v) is 2.88. The van der Waals surface area contributed by atoms with Crippen LogP contribution in [0.15, 0.2) is 66.9 Å². The van der Waals surface area contributed by atoms with Crippen molar-refractivity contribution in [1.82, 2.24) is 10.3 Å². The fraction of sp³-hybridized carbons (Fsp3) is 0.143. The largest absolute Gasteiger partial charge is 0.355 e. The van der Waals surface area contributed by atoms with Crippen LogP contribution in [0, 0.1) is 6.92 Å². The SMILES string of the molecule is Cc1cc(Cl)ccc1Nc1ccnc(C(=O)NC(C)c2ccccc2)c1. The topological polar surface area (TPSA) is 54.0 Å². The van der Waals surface area contributed by atoms with Gasteiger partial charge in [-0.3, -0.25) is 9.78 Å². The maximum absolute atomic E-state index is 12.5. The summed E-state index contributed by atoms with van der Waals surface area (Å²) < 4.78 is 0. The minimum atomic E-state index is -0.210. The zero-order chi connectivity index (χ0) is 18.5. The summed E-state index contributed by atoms with van der Waals surface area (Å²) in [6.07, 6.45) is 1.62. The molecule has 3 rings (SSSR count). The summed E-state index contributed by atoms with van der Waals surface area (Å²) in [4.78, 5) is 16.7. The number of amides is 1. The van der Waals surface area contributed by atoms with Crippen molar-refractivity contribution >= 4 is 28.9 Å². The van der Waals surface area contributed by atoms with Crippen LogP contribution in [0.5, 0.6) is 0 Å². The molecule has 132 valence electrons. The van der Waals surface area contributed by atoms with Crippen LogP contribution in [-0.4, -0.2) is 10.9 Å². The quantitative estimate of drug-likeness (QED) is 0.646. The summed E-state index contributed by atoms with van der Waals surface area (Å²) in [7, 11) is 0. The Morgan fingerprint density at radius 1 is 1.08 bits per heavy atom. The Morgan fingerprint density at radius 3 is 2.58 bits per heavy atom. The monoisotopic (exact) mass is 365 g/mol. The molecular weight excluding hydrogens is 346 g/mol. The van der Waals surface area contributed by atoms with E-state index < -0.39 is 0 Å². The molecule has 1 atom stereocenters. The van der Waals surface area contributed by atoms with E-state index in [1.165, 1.54) is 0 Å². The predicted molar refractivity (Wildman–Crippen MR) is 106 cm³/mol. The van der Waals surface area contributed by atoms with E-state index in [9.17, 15) is 4.79 Å². The molecule has 1 aromatic heterocycles. The molecule has 0 saturated heterocycles. The molecule has 1 amide bonds. The normalized spacial score (nSPS) is 11.7. The number of carbonyl (C=O) groups is 1. The van der Waals surface area contributed by atoms with Crippen LogP contribution in [0.1, 0.15) is 34.6 Å². The molecule has 0 aliphatic heterocycles. The van der Waals surface area contributed by atoms with Gasteiger partial charge < -0.3 is 10.6 Å². The van der Waals surface area contributed by atoms with Crippen LogP contribution in [0.2, 0.25) is 5.02 Å². The van der Waals surface area contributed by atoms with Gasteiger partial charge in [-0.2, -0.15) is 0 Å². The van der Waals surface area contributed by atoms with E-state index in [4.69, 9.17) is 11.6 Å². The number of halogens is 1. The van der Waals surface area contributed by atoms with Gasteiger partial charge in [-0.1, -0.05) is 41.9 Å². The molecule has 26 heavy (non-hydrogen) atoms. The molecule has 3 aromatic rings. The van der Waals surface area contributed by atoms with Crippen molar-refractivity contribution in [2.75, 3.05) is 5.32 Å². The summed E-state index contributed by atoms with van der Waals surface area (Å²) in [6.45, 7) is 3.93. The van der Waals surface area contributed by atoms with Gasteiger partial charge in [0.1, 0.15) is 5.69 Å². The Labute approximate surface area is 158 Å². The second kappa shape index (κ2) is 8.02. The van der Waals surface area contributed by atoms with E-state index in [1.807, 2.05) is 68.4 Å². The minimum absolute atomic E-state index is 0.0966.